The molecule has 0 aromatic heterocycles. The molecule has 0 bridgehead atoms. The Labute approximate surface area is 138 Å². The third-order valence-corrected chi connectivity index (χ3v) is 4.46. The van der Waals surface area contributed by atoms with E-state index in [-0.39, 0.29) is 29.7 Å². The summed E-state index contributed by atoms with van der Waals surface area (Å²) in [6.45, 7) is 0.808. The number of carbonyl (C=O) groups excluding carboxylic acids is 1. The molecular formula is C16H19N3O5. The van der Waals surface area contributed by atoms with Gasteiger partial charge < -0.3 is 15.3 Å². The van der Waals surface area contributed by atoms with E-state index in [4.69, 9.17) is 0 Å². The molecule has 0 radical (unpaired) electrons. The van der Waals surface area contributed by atoms with Gasteiger partial charge in [0.1, 0.15) is 5.69 Å². The summed E-state index contributed by atoms with van der Waals surface area (Å²) in [7, 11) is 0. The van der Waals surface area contributed by atoms with Crippen LogP contribution in [0.5, 0.6) is 0 Å². The maximum Gasteiger partial charge on any atom is 0.308 e. The van der Waals surface area contributed by atoms with Gasteiger partial charge in [0.05, 0.1) is 10.8 Å². The molecule has 1 heterocycles. The number of benzene rings is 1. The maximum atomic E-state index is 12.1. The van der Waals surface area contributed by atoms with E-state index in [1.807, 2.05) is 0 Å². The van der Waals surface area contributed by atoms with Crippen LogP contribution in [0.3, 0.4) is 0 Å². The molecule has 24 heavy (non-hydrogen) atoms. The highest BCUT2D eigenvalue weighted by Gasteiger charge is 2.30. The van der Waals surface area contributed by atoms with Gasteiger partial charge in [-0.05, 0) is 37.8 Å². The first-order chi connectivity index (χ1) is 11.5. The molecule has 2 N–H and O–H groups in total. The Morgan fingerprint density at radius 3 is 2.67 bits per heavy atom. The lowest BCUT2D eigenvalue weighted by Crippen LogP contribution is -2.39. The average Bonchev–Trinajstić information content (AvgIpc) is 3.38. The molecule has 1 saturated heterocycles. The predicted molar refractivity (Wildman–Crippen MR) is 86.2 cm³/mol. The average molecular weight is 333 g/mol. The summed E-state index contributed by atoms with van der Waals surface area (Å²) in [5.74, 6) is -1.73. The van der Waals surface area contributed by atoms with Crippen LogP contribution in [0.25, 0.3) is 0 Å². The van der Waals surface area contributed by atoms with Crippen molar-refractivity contribution >= 4 is 23.3 Å². The fourth-order valence-electron chi connectivity index (χ4n) is 2.97. The second kappa shape index (κ2) is 6.46. The molecule has 1 aliphatic carbocycles. The number of nitro groups is 1. The van der Waals surface area contributed by atoms with E-state index in [0.29, 0.717) is 25.1 Å². The van der Waals surface area contributed by atoms with E-state index in [0.717, 1.165) is 12.8 Å². The normalized spacial score (nSPS) is 20.5. The number of carboxylic acids is 1. The largest absolute Gasteiger partial charge is 0.481 e. The second-order valence-corrected chi connectivity index (χ2v) is 6.33. The molecular weight excluding hydrogens is 314 g/mol. The summed E-state index contributed by atoms with van der Waals surface area (Å²) >= 11 is 0. The molecule has 2 fully saturated rings. The molecule has 1 saturated carbocycles. The highest BCUT2D eigenvalue weighted by atomic mass is 16.6. The number of nitro benzene ring substituents is 1. The Morgan fingerprint density at radius 1 is 1.29 bits per heavy atom. The van der Waals surface area contributed by atoms with Crippen LogP contribution >= 0.6 is 0 Å². The van der Waals surface area contributed by atoms with Crippen LogP contribution < -0.4 is 10.2 Å². The zero-order chi connectivity index (χ0) is 17.3. The van der Waals surface area contributed by atoms with Crippen LogP contribution in [0.15, 0.2) is 18.2 Å². The van der Waals surface area contributed by atoms with Crippen molar-refractivity contribution in [3.05, 3.63) is 33.9 Å². The number of hydrogen-bond acceptors (Lipinski definition) is 5. The van der Waals surface area contributed by atoms with Crippen LogP contribution in [-0.4, -0.2) is 41.0 Å². The van der Waals surface area contributed by atoms with Gasteiger partial charge >= 0.3 is 5.97 Å². The summed E-state index contributed by atoms with van der Waals surface area (Å²) in [5.41, 5.74) is 0.461. The number of piperidine rings is 1. The summed E-state index contributed by atoms with van der Waals surface area (Å²) in [6, 6.07) is 4.56. The maximum absolute atomic E-state index is 12.1. The number of amides is 1. The number of hydrogen-bond donors (Lipinski definition) is 2. The lowest BCUT2D eigenvalue weighted by molar-refractivity contribution is -0.384. The quantitative estimate of drug-likeness (QED) is 0.627. The fraction of sp³-hybridized carbons (Fsp3) is 0.500. The first kappa shape index (κ1) is 16.2. The minimum atomic E-state index is -0.886. The van der Waals surface area contributed by atoms with Crippen molar-refractivity contribution in [1.82, 2.24) is 5.32 Å². The number of aliphatic carboxylic acids is 1. The second-order valence-electron chi connectivity index (χ2n) is 6.33. The van der Waals surface area contributed by atoms with Crippen LogP contribution in [0, 0.1) is 16.0 Å². The first-order valence-electron chi connectivity index (χ1n) is 8.03. The monoisotopic (exact) mass is 333 g/mol. The molecule has 0 spiro atoms. The van der Waals surface area contributed by atoms with Gasteiger partial charge in [-0.1, -0.05) is 0 Å². The van der Waals surface area contributed by atoms with E-state index in [1.54, 1.807) is 17.0 Å². The molecule has 8 nitrogen and oxygen atoms in total. The molecule has 1 amide bonds. The van der Waals surface area contributed by atoms with Gasteiger partial charge in [-0.15, -0.1) is 0 Å². The van der Waals surface area contributed by atoms with Crippen molar-refractivity contribution in [3.8, 4) is 0 Å². The number of nitrogens with zero attached hydrogens (tertiary/aromatic N) is 2. The van der Waals surface area contributed by atoms with Crippen LogP contribution in [0.2, 0.25) is 0 Å². The molecule has 2 aliphatic rings. The van der Waals surface area contributed by atoms with E-state index >= 15 is 0 Å². The molecule has 1 aliphatic heterocycles. The van der Waals surface area contributed by atoms with Gasteiger partial charge in [-0.2, -0.15) is 0 Å². The first-order valence-corrected chi connectivity index (χ1v) is 8.03. The summed E-state index contributed by atoms with van der Waals surface area (Å²) in [4.78, 5) is 35.9. The van der Waals surface area contributed by atoms with Gasteiger partial charge in [-0.25, -0.2) is 0 Å². The Hall–Kier alpha value is -2.64. The van der Waals surface area contributed by atoms with Gasteiger partial charge in [-0.3, -0.25) is 19.7 Å². The SMILES string of the molecule is O=C(NC1CC1)c1ccc(N2CCCC(C(=O)O)C2)c([N+](=O)[O-])c1. The third kappa shape index (κ3) is 3.47. The minimum Gasteiger partial charge on any atom is -0.481 e. The number of nitrogens with one attached hydrogen (secondary N) is 1. The van der Waals surface area contributed by atoms with Crippen molar-refractivity contribution in [2.24, 2.45) is 5.92 Å². The molecule has 128 valence electrons. The van der Waals surface area contributed by atoms with Crippen molar-refractivity contribution < 1.29 is 19.6 Å². The van der Waals surface area contributed by atoms with Crippen LogP contribution in [0.1, 0.15) is 36.0 Å². The molecule has 1 unspecified atom stereocenters. The zero-order valence-electron chi connectivity index (χ0n) is 13.1. The highest BCUT2D eigenvalue weighted by Crippen LogP contribution is 2.33. The van der Waals surface area contributed by atoms with Crippen molar-refractivity contribution in [2.45, 2.75) is 31.7 Å². The summed E-state index contributed by atoms with van der Waals surface area (Å²) in [5, 5.41) is 23.4. The van der Waals surface area contributed by atoms with Crippen molar-refractivity contribution in [2.75, 3.05) is 18.0 Å². The summed E-state index contributed by atoms with van der Waals surface area (Å²) in [6.07, 6.45) is 3.12. The highest BCUT2D eigenvalue weighted by molar-refractivity contribution is 5.96. The van der Waals surface area contributed by atoms with Gasteiger partial charge in [0.2, 0.25) is 0 Å². The third-order valence-electron chi connectivity index (χ3n) is 4.46. The lowest BCUT2D eigenvalue weighted by Gasteiger charge is -2.32. The lowest BCUT2D eigenvalue weighted by atomic mass is 9.97. The van der Waals surface area contributed by atoms with Crippen molar-refractivity contribution in [1.29, 1.82) is 0 Å². The minimum absolute atomic E-state index is 0.163. The Bertz CT molecular complexity index is 686. The van der Waals surface area contributed by atoms with Crippen LogP contribution in [0.4, 0.5) is 11.4 Å². The Morgan fingerprint density at radius 2 is 2.04 bits per heavy atom. The molecule has 8 heteroatoms. The Kier molecular flexibility index (Phi) is 4.37. The predicted octanol–water partition coefficient (Wildman–Crippen LogP) is 1.79. The topological polar surface area (TPSA) is 113 Å². The summed E-state index contributed by atoms with van der Waals surface area (Å²) < 4.78 is 0. The van der Waals surface area contributed by atoms with Crippen molar-refractivity contribution in [3.63, 3.8) is 0 Å². The molecule has 3 rings (SSSR count). The standard InChI is InChI=1S/C16H19N3O5/c20-15(17-12-4-5-12)10-3-6-13(14(8-10)19(23)24)18-7-1-2-11(9-18)16(21)22/h3,6,8,11-12H,1-2,4-5,7,9H2,(H,17,20)(H,21,22). The number of carbonyl (C=O) groups is 2. The number of carboxylic acid groups (broad SMARTS) is 1. The van der Waals surface area contributed by atoms with Gasteiger partial charge in [0.25, 0.3) is 11.6 Å². The molecule has 1 atom stereocenters. The van der Waals surface area contributed by atoms with Gasteiger partial charge in [0.15, 0.2) is 0 Å². The number of anilines is 1. The van der Waals surface area contributed by atoms with E-state index in [1.165, 1.54) is 6.07 Å². The van der Waals surface area contributed by atoms with Gasteiger partial charge in [0, 0.05) is 30.8 Å². The zero-order valence-corrected chi connectivity index (χ0v) is 13.1. The smallest absolute Gasteiger partial charge is 0.308 e. The van der Waals surface area contributed by atoms with E-state index in [9.17, 15) is 24.8 Å². The fourth-order valence-corrected chi connectivity index (χ4v) is 2.97. The van der Waals surface area contributed by atoms with E-state index < -0.39 is 16.8 Å². The van der Waals surface area contributed by atoms with Crippen LogP contribution in [-0.2, 0) is 4.79 Å². The molecule has 1 aromatic carbocycles. The molecule has 1 aromatic rings. The Balaban J connectivity index is 1.85. The number of rotatable bonds is 5. The van der Waals surface area contributed by atoms with E-state index in [2.05, 4.69) is 5.32 Å².